The van der Waals surface area contributed by atoms with Crippen LogP contribution in [0.4, 0.5) is 0 Å². The quantitative estimate of drug-likeness (QED) is 0.0258. The predicted octanol–water partition coefficient (Wildman–Crippen LogP) is -5.55. The summed E-state index contributed by atoms with van der Waals surface area (Å²) in [5.41, 5.74) is 21.6. The molecule has 19 N–H and O–H groups in total. The van der Waals surface area contributed by atoms with E-state index >= 15 is 0 Å². The lowest BCUT2D eigenvalue weighted by Gasteiger charge is -2.29. The molecule has 0 heterocycles. The average Bonchev–Trinajstić information content (AvgIpc) is 3.33. The minimum atomic E-state index is -1.66. The van der Waals surface area contributed by atoms with Gasteiger partial charge in [-0.3, -0.25) is 57.5 Å². The monoisotopic (exact) mass is 1060 g/mol. The average molecular weight is 1060 g/mol. The zero-order valence-electron chi connectivity index (χ0n) is 43.3. The molecule has 0 aromatic rings. The van der Waals surface area contributed by atoms with Crippen LogP contribution in [-0.2, 0) is 57.5 Å². The van der Waals surface area contributed by atoms with Crippen molar-refractivity contribution in [3.63, 3.8) is 0 Å². The van der Waals surface area contributed by atoms with Crippen molar-refractivity contribution in [2.45, 2.75) is 148 Å². The highest BCUT2D eigenvalue weighted by molar-refractivity contribution is 7.98. The zero-order chi connectivity index (χ0) is 56.0. The fraction of sp³-hybridized carbons (Fsp3) is 0.733. The molecule has 0 fully saturated rings. The largest absolute Gasteiger partial charge is 0.394 e. The van der Waals surface area contributed by atoms with Gasteiger partial charge in [-0.15, -0.1) is 0 Å². The van der Waals surface area contributed by atoms with Gasteiger partial charge in [-0.1, -0.05) is 54.4 Å². The SMILES string of the molecule is CC[C@H](C)[C@H](NC(=O)[C@H](C)NC(=O)CNC(=O)[C@H](CCCCN)NC(=O)[C@H](CC(N)=O)NC(=O)[C@H](CO)NC(=O)CN)C(=O)N[C@H](C(=O)NCC(=O)N[C@@H](CC(C)C)C(=O)N[C@@H](CCSC)C(N)=O)[C@@H](C)CC. The third-order valence-electron chi connectivity index (χ3n) is 11.5. The first kappa shape index (κ1) is 66.9. The second-order valence-corrected chi connectivity index (χ2v) is 19.0. The third-order valence-corrected chi connectivity index (χ3v) is 12.1. The lowest BCUT2D eigenvalue weighted by atomic mass is 9.94. The molecule has 0 spiro atoms. The normalized spacial score (nSPS) is 15.1. The molecule has 0 bridgehead atoms. The van der Waals surface area contributed by atoms with Gasteiger partial charge in [0.05, 0.1) is 32.7 Å². The lowest BCUT2D eigenvalue weighted by molar-refractivity contribution is -0.136. The maximum atomic E-state index is 13.9. The molecule has 0 aromatic carbocycles. The molecule has 0 saturated heterocycles. The summed E-state index contributed by atoms with van der Waals surface area (Å²) >= 11 is 1.47. The third kappa shape index (κ3) is 26.4. The first-order valence-electron chi connectivity index (χ1n) is 24.3. The van der Waals surface area contributed by atoms with Gasteiger partial charge in [-0.25, -0.2) is 0 Å². The number of primary amides is 2. The van der Waals surface area contributed by atoms with Crippen molar-refractivity contribution in [1.29, 1.82) is 0 Å². The Bertz CT molecular complexity index is 1880. The standard InChI is InChI=1S/C45H82N14O13S/c1-9-24(5)36(44(71)51-21-35(64)53-29(17-23(3)4)41(68)55-27(38(49)65)14-16-73-8)59-45(72)37(25(6)10-2)58-39(66)26(7)52-34(63)20-50-40(67)28(13-11-12-15-46)56-42(69)30(18-32(48)61)57-43(70)31(22-60)54-33(62)19-47/h23-31,36-37,60H,9-22,46-47H2,1-8H3,(H2,48,61)(H2,49,65)(H,50,67)(H,51,71)(H,52,63)(H,53,64)(H,54,62)(H,55,68)(H,56,69)(H,57,70)(H,58,66)(H,59,72)/t24-,25-,26-,27-,28-,29-,30-,31-,36-,37-/m0/s1. The number of nitrogens with one attached hydrogen (secondary N) is 10. The molecule has 0 saturated carbocycles. The highest BCUT2D eigenvalue weighted by atomic mass is 32.2. The summed E-state index contributed by atoms with van der Waals surface area (Å²) in [5.74, 6) is -10.4. The topological polar surface area (TPSA) is 449 Å². The lowest BCUT2D eigenvalue weighted by Crippen LogP contribution is -2.60. The van der Waals surface area contributed by atoms with Gasteiger partial charge in [-0.2, -0.15) is 11.8 Å². The Kier molecular flexibility index (Phi) is 32.9. The molecule has 10 atom stereocenters. The fourth-order valence-corrected chi connectivity index (χ4v) is 7.23. The number of hydrogen-bond acceptors (Lipinski definition) is 16. The number of thioether (sulfide) groups is 1. The number of rotatable bonds is 37. The van der Waals surface area contributed by atoms with E-state index in [1.54, 1.807) is 27.7 Å². The Labute approximate surface area is 431 Å². The molecule has 12 amide bonds. The van der Waals surface area contributed by atoms with Crippen LogP contribution in [-0.4, -0.2) is 169 Å². The van der Waals surface area contributed by atoms with E-state index in [9.17, 15) is 62.6 Å². The molecule has 28 heteroatoms. The number of amides is 12. The second-order valence-electron chi connectivity index (χ2n) is 18.0. The minimum Gasteiger partial charge on any atom is -0.394 e. The summed E-state index contributed by atoms with van der Waals surface area (Å²) in [6.45, 7) is 9.51. The van der Waals surface area contributed by atoms with Crippen LogP contribution in [0, 0.1) is 17.8 Å². The second kappa shape index (κ2) is 35.9. The van der Waals surface area contributed by atoms with E-state index in [0.29, 0.717) is 37.9 Å². The van der Waals surface area contributed by atoms with Gasteiger partial charge in [0.1, 0.15) is 48.3 Å². The summed E-state index contributed by atoms with van der Waals surface area (Å²) in [4.78, 5) is 155. The van der Waals surface area contributed by atoms with Gasteiger partial charge < -0.3 is 81.2 Å². The number of hydrogen-bond donors (Lipinski definition) is 15. The van der Waals surface area contributed by atoms with Gasteiger partial charge >= 0.3 is 0 Å². The molecule has 0 aromatic heterocycles. The molecule has 73 heavy (non-hydrogen) atoms. The molecule has 27 nitrogen and oxygen atoms in total. The van der Waals surface area contributed by atoms with Crippen LogP contribution in [0.5, 0.6) is 0 Å². The van der Waals surface area contributed by atoms with Gasteiger partial charge in [0, 0.05) is 0 Å². The number of carbonyl (C=O) groups is 12. The van der Waals surface area contributed by atoms with Crippen molar-refractivity contribution in [2.75, 3.05) is 44.8 Å². The summed E-state index contributed by atoms with van der Waals surface area (Å²) in [7, 11) is 0. The van der Waals surface area contributed by atoms with Crippen molar-refractivity contribution in [3.05, 3.63) is 0 Å². The van der Waals surface area contributed by atoms with Gasteiger partial charge in [0.2, 0.25) is 70.9 Å². The van der Waals surface area contributed by atoms with Crippen molar-refractivity contribution < 1.29 is 62.6 Å². The minimum absolute atomic E-state index is 0.00884. The van der Waals surface area contributed by atoms with Crippen molar-refractivity contribution in [2.24, 2.45) is 40.7 Å². The van der Waals surface area contributed by atoms with Crippen LogP contribution in [0.2, 0.25) is 0 Å². The van der Waals surface area contributed by atoms with E-state index in [1.165, 1.54) is 18.7 Å². The zero-order valence-corrected chi connectivity index (χ0v) is 44.1. The Morgan fingerprint density at radius 3 is 1.52 bits per heavy atom. The summed E-state index contributed by atoms with van der Waals surface area (Å²) < 4.78 is 0. The number of aliphatic hydroxyl groups excluding tert-OH is 1. The molecule has 0 rings (SSSR count). The highest BCUT2D eigenvalue weighted by Gasteiger charge is 2.35. The van der Waals surface area contributed by atoms with Crippen LogP contribution >= 0.6 is 11.8 Å². The number of carbonyl (C=O) groups excluding carboxylic acids is 12. The van der Waals surface area contributed by atoms with Gasteiger partial charge in [0.25, 0.3) is 0 Å². The van der Waals surface area contributed by atoms with E-state index in [1.807, 2.05) is 20.1 Å². The van der Waals surface area contributed by atoms with E-state index in [4.69, 9.17) is 22.9 Å². The Morgan fingerprint density at radius 2 is 1.01 bits per heavy atom. The van der Waals surface area contributed by atoms with Gasteiger partial charge in [0.15, 0.2) is 0 Å². The van der Waals surface area contributed by atoms with E-state index in [0.717, 1.165) is 0 Å². The molecule has 0 radical (unpaired) electrons. The first-order chi connectivity index (χ1) is 34.3. The smallest absolute Gasteiger partial charge is 0.245 e. The van der Waals surface area contributed by atoms with Crippen LogP contribution in [0.15, 0.2) is 0 Å². The fourth-order valence-electron chi connectivity index (χ4n) is 6.76. The molecular weight excluding hydrogens is 977 g/mol. The van der Waals surface area contributed by atoms with E-state index in [2.05, 4.69) is 53.2 Å². The van der Waals surface area contributed by atoms with Crippen LogP contribution in [0.3, 0.4) is 0 Å². The Morgan fingerprint density at radius 1 is 0.521 bits per heavy atom. The van der Waals surface area contributed by atoms with Crippen LogP contribution in [0.1, 0.15) is 99.8 Å². The maximum Gasteiger partial charge on any atom is 0.245 e. The first-order valence-corrected chi connectivity index (χ1v) is 25.7. The molecular formula is C45H82N14O13S. The highest BCUT2D eigenvalue weighted by Crippen LogP contribution is 2.13. The summed E-state index contributed by atoms with van der Waals surface area (Å²) in [5, 5.41) is 34.2. The molecule has 0 aliphatic rings. The summed E-state index contributed by atoms with van der Waals surface area (Å²) in [6.07, 6.45) is 3.14. The van der Waals surface area contributed by atoms with E-state index < -0.39 is 164 Å². The number of aliphatic hydroxyl groups is 1. The molecule has 416 valence electrons. The van der Waals surface area contributed by atoms with E-state index in [-0.39, 0.29) is 25.3 Å². The van der Waals surface area contributed by atoms with Crippen molar-refractivity contribution in [1.82, 2.24) is 53.2 Å². The van der Waals surface area contributed by atoms with Crippen molar-refractivity contribution >= 4 is 82.6 Å². The van der Waals surface area contributed by atoms with Crippen LogP contribution in [0.25, 0.3) is 0 Å². The summed E-state index contributed by atoms with van der Waals surface area (Å²) in [6, 6.07) is -10.2. The van der Waals surface area contributed by atoms with Crippen LogP contribution < -0.4 is 76.1 Å². The number of unbranched alkanes of at least 4 members (excludes halogenated alkanes) is 1. The number of nitrogens with two attached hydrogens (primary N) is 4. The Balaban J connectivity index is 5.90. The predicted molar refractivity (Wildman–Crippen MR) is 271 cm³/mol. The molecule has 0 unspecified atom stereocenters. The molecule has 0 aliphatic heterocycles. The molecule has 0 aliphatic carbocycles. The van der Waals surface area contributed by atoms with Crippen molar-refractivity contribution in [3.8, 4) is 0 Å². The maximum absolute atomic E-state index is 13.9. The van der Waals surface area contributed by atoms with Gasteiger partial charge in [-0.05, 0) is 75.3 Å². The Hall–Kier alpha value is -6.13.